The van der Waals surface area contributed by atoms with Gasteiger partial charge in [0.1, 0.15) is 0 Å². The summed E-state index contributed by atoms with van der Waals surface area (Å²) < 4.78 is 1.09. The number of nitrogens with one attached hydrogen (secondary N) is 1. The molecule has 0 bridgehead atoms. The summed E-state index contributed by atoms with van der Waals surface area (Å²) in [5.41, 5.74) is 5.02. The fraction of sp³-hybridized carbons (Fsp3) is 0.200. The second kappa shape index (κ2) is 3.64. The summed E-state index contributed by atoms with van der Waals surface area (Å²) in [5.74, 6) is 0.0930. The molecule has 0 spiro atoms. The van der Waals surface area contributed by atoms with Crippen LogP contribution in [0.1, 0.15) is 6.92 Å². The second-order valence-electron chi connectivity index (χ2n) is 1.43. The summed E-state index contributed by atoms with van der Waals surface area (Å²) in [7, 11) is 0. The topological polar surface area (TPSA) is 49.9 Å². The Bertz CT molecular complexity index is 121. The fourth-order valence-electron chi connectivity index (χ4n) is 0.210. The van der Waals surface area contributed by atoms with Gasteiger partial charge in [-0.3, -0.25) is 0 Å². The average Bonchev–Trinajstić information content (AvgIpc) is 1.61. The molecule has 0 aromatic heterocycles. The molecule has 0 unspecified atom stereocenters. The summed E-state index contributed by atoms with van der Waals surface area (Å²) in [6.45, 7) is 1.93. The first-order chi connectivity index (χ1) is 3.63. The van der Waals surface area contributed by atoms with Crippen molar-refractivity contribution in [2.75, 3.05) is 0 Å². The summed E-state index contributed by atoms with van der Waals surface area (Å²) in [5, 5.41) is 6.76. The van der Waals surface area contributed by atoms with E-state index in [1.165, 1.54) is 0 Å². The van der Waals surface area contributed by atoms with Crippen LogP contribution >= 0.6 is 0 Å². The van der Waals surface area contributed by atoms with Gasteiger partial charge in [-0.15, -0.1) is 0 Å². The van der Waals surface area contributed by atoms with Crippen molar-refractivity contribution in [1.29, 1.82) is 5.41 Å². The van der Waals surface area contributed by atoms with Crippen LogP contribution in [0.3, 0.4) is 0 Å². The molecule has 0 aromatic rings. The predicted molar refractivity (Wildman–Crippen MR) is 31.7 cm³/mol. The Hall–Kier alpha value is -0.336. The average molecular weight is 147 g/mol. The van der Waals surface area contributed by atoms with E-state index >= 15 is 0 Å². The third kappa shape index (κ3) is 5.66. The molecule has 0 heterocycles. The van der Waals surface area contributed by atoms with Gasteiger partial charge in [0.2, 0.25) is 0 Å². The third-order valence-corrected chi connectivity index (χ3v) is 0.737. The van der Waals surface area contributed by atoms with Crippen LogP contribution in [0, 0.1) is 5.41 Å². The minimum atomic E-state index is 0.0930. The van der Waals surface area contributed by atoms with Crippen LogP contribution in [0.5, 0.6) is 0 Å². The second-order valence-corrected chi connectivity index (χ2v) is 2.53. The number of amidine groups is 1. The molecule has 0 saturated heterocycles. The third-order valence-electron chi connectivity index (χ3n) is 0.504. The molecule has 0 aliphatic carbocycles. The van der Waals surface area contributed by atoms with Crippen LogP contribution in [0.25, 0.3) is 0 Å². The number of nitrogens with two attached hydrogens (primary N) is 1. The molecule has 0 rings (SSSR count). The number of allylic oxidation sites excluding steroid dienone is 1. The number of hydrogen-bond donors (Lipinski definition) is 2. The number of rotatable bonds is 2. The van der Waals surface area contributed by atoms with Crippen molar-refractivity contribution in [3.05, 3.63) is 12.2 Å². The Kier molecular flexibility index (Phi) is 3.49. The standard InChI is InChI=1S/C5H8N2.V/c1-2-3-4-5(6)7;/h3-4H,1H3,(H3,6,7);. The quantitative estimate of drug-likeness (QED) is 0.426. The van der Waals surface area contributed by atoms with Crippen molar-refractivity contribution < 1.29 is 17.0 Å². The van der Waals surface area contributed by atoms with Gasteiger partial charge in [0.25, 0.3) is 0 Å². The molecule has 0 aliphatic rings. The first-order valence-corrected chi connectivity index (χ1v) is 2.87. The molecule has 0 aliphatic heterocycles. The first-order valence-electron chi connectivity index (χ1n) is 2.17. The summed E-state index contributed by atoms with van der Waals surface area (Å²) in [6, 6.07) is 0. The molecule has 0 aromatic carbocycles. The molecule has 2 nitrogen and oxygen atoms in total. The zero-order valence-corrected chi connectivity index (χ0v) is 6.08. The van der Waals surface area contributed by atoms with Crippen LogP contribution < -0.4 is 5.73 Å². The van der Waals surface area contributed by atoms with Crippen LogP contribution in [-0.4, -0.2) is 10.1 Å². The molecule has 3 N–H and O–H groups in total. The SMILES string of the molecule is C[C](=[V])C=CC(=N)N. The van der Waals surface area contributed by atoms with E-state index in [9.17, 15) is 0 Å². The van der Waals surface area contributed by atoms with E-state index in [1.54, 1.807) is 12.2 Å². The van der Waals surface area contributed by atoms with E-state index in [0.29, 0.717) is 0 Å². The number of hydrogen-bond acceptors (Lipinski definition) is 1. The van der Waals surface area contributed by atoms with Crippen LogP contribution in [0.15, 0.2) is 12.2 Å². The van der Waals surface area contributed by atoms with E-state index in [0.717, 1.165) is 4.23 Å². The van der Waals surface area contributed by atoms with Gasteiger partial charge in [-0.25, -0.2) is 0 Å². The van der Waals surface area contributed by atoms with Crippen molar-refractivity contribution in [1.82, 2.24) is 0 Å². The van der Waals surface area contributed by atoms with Gasteiger partial charge in [-0.05, 0) is 0 Å². The molecular formula is C5H8N2V. The summed E-state index contributed by atoms with van der Waals surface area (Å²) in [4.78, 5) is 0. The van der Waals surface area contributed by atoms with Crippen LogP contribution in [0.2, 0.25) is 0 Å². The molecule has 43 valence electrons. The van der Waals surface area contributed by atoms with Crippen molar-refractivity contribution in [3.63, 3.8) is 0 Å². The zero-order valence-electron chi connectivity index (χ0n) is 4.68. The van der Waals surface area contributed by atoms with Crippen molar-refractivity contribution >= 4 is 10.1 Å². The van der Waals surface area contributed by atoms with E-state index in [2.05, 4.69) is 17.0 Å². The molecule has 0 amide bonds. The van der Waals surface area contributed by atoms with Crippen molar-refractivity contribution in [3.8, 4) is 0 Å². The van der Waals surface area contributed by atoms with Crippen molar-refractivity contribution in [2.45, 2.75) is 6.92 Å². The van der Waals surface area contributed by atoms with Gasteiger partial charge in [-0.1, -0.05) is 0 Å². The van der Waals surface area contributed by atoms with E-state index in [-0.39, 0.29) is 5.84 Å². The van der Waals surface area contributed by atoms with E-state index < -0.39 is 0 Å². The Labute approximate surface area is 57.8 Å². The molecular weight excluding hydrogens is 139 g/mol. The van der Waals surface area contributed by atoms with Gasteiger partial charge < -0.3 is 0 Å². The molecule has 0 radical (unpaired) electrons. The molecule has 3 heteroatoms. The maximum absolute atomic E-state index is 6.76. The fourth-order valence-corrected chi connectivity index (χ4v) is 0.327. The Morgan fingerprint density at radius 1 is 1.62 bits per heavy atom. The van der Waals surface area contributed by atoms with Gasteiger partial charge in [0.05, 0.1) is 0 Å². The van der Waals surface area contributed by atoms with E-state index in [4.69, 9.17) is 11.1 Å². The van der Waals surface area contributed by atoms with Gasteiger partial charge in [0, 0.05) is 0 Å². The maximum atomic E-state index is 6.76. The molecule has 0 saturated carbocycles. The Morgan fingerprint density at radius 3 is 2.25 bits per heavy atom. The minimum absolute atomic E-state index is 0.0930. The molecule has 8 heavy (non-hydrogen) atoms. The zero-order chi connectivity index (χ0) is 6.57. The van der Waals surface area contributed by atoms with E-state index in [1.807, 2.05) is 6.92 Å². The van der Waals surface area contributed by atoms with Crippen molar-refractivity contribution in [2.24, 2.45) is 5.73 Å². The van der Waals surface area contributed by atoms with Gasteiger partial charge in [0.15, 0.2) is 0 Å². The first kappa shape index (κ1) is 7.66. The predicted octanol–water partition coefficient (Wildman–Crippen LogP) is 0.218. The van der Waals surface area contributed by atoms with Gasteiger partial charge >= 0.3 is 57.3 Å². The normalized spacial score (nSPS) is 9.50. The summed E-state index contributed by atoms with van der Waals surface area (Å²) >= 11 is 2.37. The van der Waals surface area contributed by atoms with Gasteiger partial charge in [-0.2, -0.15) is 0 Å². The molecule has 0 fully saturated rings. The van der Waals surface area contributed by atoms with Crippen LogP contribution in [0.4, 0.5) is 0 Å². The monoisotopic (exact) mass is 147 g/mol. The van der Waals surface area contributed by atoms with Crippen LogP contribution in [-0.2, 0) is 17.0 Å². The molecule has 0 atom stereocenters. The summed E-state index contributed by atoms with van der Waals surface area (Å²) in [6.07, 6.45) is 3.33. The Morgan fingerprint density at radius 2 is 2.12 bits per heavy atom. The Balaban J connectivity index is 3.67.